The van der Waals surface area contributed by atoms with Gasteiger partial charge in [-0.05, 0) is 43.5 Å². The average molecular weight is 381 g/mol. The number of benzene rings is 1. The van der Waals surface area contributed by atoms with Gasteiger partial charge < -0.3 is 25.5 Å². The lowest BCUT2D eigenvalue weighted by atomic mass is 10.0. The van der Waals surface area contributed by atoms with Crippen LogP contribution in [0.1, 0.15) is 31.2 Å². The van der Waals surface area contributed by atoms with Crippen LogP contribution in [0.4, 0.5) is 4.79 Å². The minimum Gasteiger partial charge on any atom is -0.508 e. The molecular weight excluding hydrogens is 350 g/mol. The first kappa shape index (κ1) is 22.7. The number of hydrogen-bond donors (Lipinski definition) is 4. The highest BCUT2D eigenvalue weighted by atomic mass is 16.3. The molecule has 0 bridgehead atoms. The van der Waals surface area contributed by atoms with Gasteiger partial charge in [0.1, 0.15) is 5.75 Å². The number of carbonyl (C=O) groups excluding carboxylic acids is 1. The highest BCUT2D eigenvalue weighted by molar-refractivity contribution is 5.73. The summed E-state index contributed by atoms with van der Waals surface area (Å²) in [7, 11) is 1.74. The van der Waals surface area contributed by atoms with Crippen molar-refractivity contribution in [3.63, 3.8) is 0 Å². The summed E-state index contributed by atoms with van der Waals surface area (Å²) >= 11 is 0. The zero-order chi connectivity index (χ0) is 20.1. The summed E-state index contributed by atoms with van der Waals surface area (Å²) in [5, 5.41) is 28.7. The fourth-order valence-corrected chi connectivity index (χ4v) is 3.17. The van der Waals surface area contributed by atoms with Crippen LogP contribution in [0.25, 0.3) is 0 Å². The Hall–Kier alpha value is -2.32. The van der Waals surface area contributed by atoms with E-state index in [2.05, 4.69) is 10.2 Å². The third-order valence-electron chi connectivity index (χ3n) is 4.54. The number of nitrogens with zero attached hydrogens (tertiary/aromatic N) is 2. The number of phenols is 1. The average Bonchev–Trinajstić information content (AvgIpc) is 2.66. The fraction of sp³-hybridized carbons (Fsp3) is 0.579. The lowest BCUT2D eigenvalue weighted by molar-refractivity contribution is -0.122. The number of aromatic hydroxyl groups is 1. The molecule has 1 fully saturated rings. The normalized spacial score (nSPS) is 16.7. The van der Waals surface area contributed by atoms with E-state index in [1.54, 1.807) is 30.1 Å². The number of carboxylic acid groups (broad SMARTS) is 1. The van der Waals surface area contributed by atoms with E-state index < -0.39 is 0 Å². The Morgan fingerprint density at radius 2 is 2.15 bits per heavy atom. The molecule has 0 aromatic heterocycles. The van der Waals surface area contributed by atoms with Crippen LogP contribution in [0, 0.1) is 0 Å². The zero-order valence-electron chi connectivity index (χ0n) is 15.9. The van der Waals surface area contributed by atoms with Crippen molar-refractivity contribution in [2.45, 2.75) is 38.3 Å². The van der Waals surface area contributed by atoms with E-state index >= 15 is 0 Å². The first-order valence-corrected chi connectivity index (χ1v) is 9.21. The van der Waals surface area contributed by atoms with Gasteiger partial charge in [-0.25, -0.2) is 4.79 Å². The van der Waals surface area contributed by atoms with Crippen LogP contribution in [0.2, 0.25) is 0 Å². The van der Waals surface area contributed by atoms with Crippen LogP contribution in [-0.4, -0.2) is 77.0 Å². The number of hydrogen-bond acceptors (Lipinski definition) is 5. The molecule has 2 amide bonds. The fourth-order valence-electron chi connectivity index (χ4n) is 3.17. The summed E-state index contributed by atoms with van der Waals surface area (Å²) in [5.74, 6) is 0.210. The smallest absolute Gasteiger partial charge is 0.317 e. The molecule has 1 aliphatic heterocycles. The van der Waals surface area contributed by atoms with Crippen LogP contribution in [0.15, 0.2) is 24.3 Å². The quantitative estimate of drug-likeness (QED) is 0.420. The maximum Gasteiger partial charge on any atom is 0.317 e. The molecule has 1 aromatic carbocycles. The summed E-state index contributed by atoms with van der Waals surface area (Å²) in [6.07, 6.45) is 4.32. The van der Waals surface area contributed by atoms with Crippen LogP contribution in [-0.2, 0) is 11.3 Å². The van der Waals surface area contributed by atoms with Crippen molar-refractivity contribution in [3.8, 4) is 5.75 Å². The number of phenolic OH excluding ortho intramolecular Hbond substituents is 1. The van der Waals surface area contributed by atoms with Gasteiger partial charge in [-0.2, -0.15) is 0 Å². The van der Waals surface area contributed by atoms with Crippen molar-refractivity contribution in [2.75, 3.05) is 33.3 Å². The maximum atomic E-state index is 12.1. The third kappa shape index (κ3) is 8.74. The van der Waals surface area contributed by atoms with Crippen molar-refractivity contribution in [1.82, 2.24) is 15.1 Å². The summed E-state index contributed by atoms with van der Waals surface area (Å²) in [5.41, 5.74) is 0.895. The first-order valence-electron chi connectivity index (χ1n) is 9.21. The lowest BCUT2D eigenvalue weighted by Gasteiger charge is -2.34. The summed E-state index contributed by atoms with van der Waals surface area (Å²) < 4.78 is 0. The molecule has 0 aliphatic carbocycles. The van der Waals surface area contributed by atoms with Crippen molar-refractivity contribution in [1.29, 1.82) is 0 Å². The number of amides is 2. The topological polar surface area (TPSA) is 113 Å². The number of rotatable bonds is 7. The van der Waals surface area contributed by atoms with Gasteiger partial charge in [-0.1, -0.05) is 18.6 Å². The monoisotopic (exact) mass is 381 g/mol. The van der Waals surface area contributed by atoms with Gasteiger partial charge in [0, 0.05) is 32.7 Å². The highest BCUT2D eigenvalue weighted by Gasteiger charge is 2.20. The molecule has 1 atom stereocenters. The molecule has 1 aromatic rings. The molecule has 1 aliphatic rings. The Kier molecular flexibility index (Phi) is 10.9. The SMILES string of the molecule is CN(Cc1cccc(O)c1)C(=O)NCCCN1CCCCC1CO.O=CO. The standard InChI is InChI=1S/C18H29N3O3.CH2O2/c1-20(13-15-6-4-8-17(23)12-15)18(24)19-9-5-11-21-10-3-2-7-16(21)14-22;2-1-3/h4,6,8,12,16,22-23H,2-3,5,7,9-11,13-14H2,1H3,(H,19,24);1H,(H,2,3). The maximum absolute atomic E-state index is 12.1. The minimum absolute atomic E-state index is 0.115. The van der Waals surface area contributed by atoms with Gasteiger partial charge in [0.05, 0.1) is 6.61 Å². The number of urea groups is 1. The van der Waals surface area contributed by atoms with Crippen molar-refractivity contribution < 1.29 is 24.9 Å². The van der Waals surface area contributed by atoms with E-state index in [9.17, 15) is 15.0 Å². The molecule has 1 saturated heterocycles. The number of piperidine rings is 1. The van der Waals surface area contributed by atoms with Gasteiger partial charge in [-0.3, -0.25) is 9.69 Å². The van der Waals surface area contributed by atoms with Crippen LogP contribution in [0.3, 0.4) is 0 Å². The zero-order valence-corrected chi connectivity index (χ0v) is 15.9. The molecule has 152 valence electrons. The van der Waals surface area contributed by atoms with E-state index in [0.29, 0.717) is 13.1 Å². The number of aliphatic hydroxyl groups is 1. The van der Waals surface area contributed by atoms with Crippen molar-refractivity contribution >= 4 is 12.5 Å². The summed E-state index contributed by atoms with van der Waals surface area (Å²) in [6.45, 7) is 2.99. The second-order valence-corrected chi connectivity index (χ2v) is 6.59. The van der Waals surface area contributed by atoms with E-state index in [1.165, 1.54) is 12.8 Å². The van der Waals surface area contributed by atoms with Crippen LogP contribution in [0.5, 0.6) is 5.75 Å². The molecular formula is C19H31N3O5. The summed E-state index contributed by atoms with van der Waals surface area (Å²) in [6, 6.07) is 7.10. The molecule has 27 heavy (non-hydrogen) atoms. The predicted molar refractivity (Wildman–Crippen MR) is 103 cm³/mol. The number of likely N-dealkylation sites (tertiary alicyclic amines) is 1. The Morgan fingerprint density at radius 1 is 1.41 bits per heavy atom. The lowest BCUT2D eigenvalue weighted by Crippen LogP contribution is -2.43. The Bertz CT molecular complexity index is 570. The van der Waals surface area contributed by atoms with E-state index in [-0.39, 0.29) is 30.9 Å². The number of nitrogens with one attached hydrogen (secondary N) is 1. The Labute approximate surface area is 160 Å². The summed E-state index contributed by atoms with van der Waals surface area (Å²) in [4.78, 5) is 24.4. The van der Waals surface area contributed by atoms with Crippen molar-refractivity contribution in [3.05, 3.63) is 29.8 Å². The predicted octanol–water partition coefficient (Wildman–Crippen LogP) is 1.47. The number of carbonyl (C=O) groups is 2. The minimum atomic E-state index is -0.250. The molecule has 0 radical (unpaired) electrons. The van der Waals surface area contributed by atoms with Gasteiger partial charge in [0.15, 0.2) is 0 Å². The van der Waals surface area contributed by atoms with E-state index in [0.717, 1.165) is 31.5 Å². The highest BCUT2D eigenvalue weighted by Crippen LogP contribution is 2.16. The van der Waals surface area contributed by atoms with Crippen molar-refractivity contribution in [2.24, 2.45) is 0 Å². The largest absolute Gasteiger partial charge is 0.508 e. The molecule has 0 saturated carbocycles. The van der Waals surface area contributed by atoms with Gasteiger partial charge in [0.25, 0.3) is 6.47 Å². The van der Waals surface area contributed by atoms with Gasteiger partial charge >= 0.3 is 6.03 Å². The second kappa shape index (κ2) is 12.9. The molecule has 8 heteroatoms. The number of aliphatic hydroxyl groups excluding tert-OH is 1. The molecule has 4 N–H and O–H groups in total. The molecule has 0 spiro atoms. The van der Waals surface area contributed by atoms with E-state index in [1.807, 2.05) is 6.07 Å². The molecule has 2 rings (SSSR count). The third-order valence-corrected chi connectivity index (χ3v) is 4.54. The molecule has 1 unspecified atom stereocenters. The Morgan fingerprint density at radius 3 is 2.81 bits per heavy atom. The van der Waals surface area contributed by atoms with Crippen LogP contribution < -0.4 is 5.32 Å². The van der Waals surface area contributed by atoms with Gasteiger partial charge in [0.2, 0.25) is 0 Å². The molecule has 1 heterocycles. The van der Waals surface area contributed by atoms with Gasteiger partial charge in [-0.15, -0.1) is 0 Å². The Balaban J connectivity index is 0.00000114. The van der Waals surface area contributed by atoms with E-state index in [4.69, 9.17) is 9.90 Å². The van der Waals surface area contributed by atoms with Crippen LogP contribution >= 0.6 is 0 Å². The second-order valence-electron chi connectivity index (χ2n) is 6.59. The first-order chi connectivity index (χ1) is 13.0. The molecule has 8 nitrogen and oxygen atoms in total.